The zero-order valence-corrected chi connectivity index (χ0v) is 14.3. The molecule has 1 saturated heterocycles. The zero-order chi connectivity index (χ0) is 16.8. The second-order valence-electron chi connectivity index (χ2n) is 5.06. The second kappa shape index (κ2) is 7.70. The average molecular weight is 334 g/mol. The molecule has 8 nitrogen and oxygen atoms in total. The van der Waals surface area contributed by atoms with Gasteiger partial charge in [0.15, 0.2) is 5.79 Å². The van der Waals surface area contributed by atoms with Gasteiger partial charge in [-0.3, -0.25) is 14.4 Å². The molecule has 0 N–H and O–H groups in total. The van der Waals surface area contributed by atoms with Gasteiger partial charge in [-0.25, -0.2) is 0 Å². The Bertz CT molecular complexity index is 414. The summed E-state index contributed by atoms with van der Waals surface area (Å²) in [4.78, 5) is 34.6. The SMILES string of the molecule is CC[Si](OC(C)=O)(OC(C)=O)OC(=O)CC1(C)OCCCO1. The molecule has 1 aliphatic heterocycles. The molecule has 0 unspecified atom stereocenters. The van der Waals surface area contributed by atoms with Crippen LogP contribution in [0.1, 0.15) is 40.5 Å². The summed E-state index contributed by atoms with van der Waals surface area (Å²) in [5, 5.41) is 0. The molecule has 1 aliphatic rings. The van der Waals surface area contributed by atoms with Crippen LogP contribution < -0.4 is 0 Å². The van der Waals surface area contributed by atoms with Crippen LogP contribution in [-0.2, 0) is 37.1 Å². The molecule has 0 radical (unpaired) electrons. The molecule has 1 fully saturated rings. The van der Waals surface area contributed by atoms with Crippen molar-refractivity contribution in [1.82, 2.24) is 0 Å². The number of hydrogen-bond acceptors (Lipinski definition) is 8. The van der Waals surface area contributed by atoms with Crippen molar-refractivity contribution in [3.05, 3.63) is 0 Å². The zero-order valence-electron chi connectivity index (χ0n) is 13.3. The molecule has 0 aromatic heterocycles. The maximum atomic E-state index is 12.1. The summed E-state index contributed by atoms with van der Waals surface area (Å²) < 4.78 is 26.1. The number of hydrogen-bond donors (Lipinski definition) is 0. The van der Waals surface area contributed by atoms with E-state index in [1.165, 1.54) is 0 Å². The standard InChI is InChI=1S/C13H22O8Si/c1-5-22(19-10(2)14,20-11(3)15)21-12(16)9-13(4)17-7-6-8-18-13/h5-9H2,1-4H3. The molecular weight excluding hydrogens is 312 g/mol. The summed E-state index contributed by atoms with van der Waals surface area (Å²) in [6, 6.07) is 0.0936. The first-order valence-corrected chi connectivity index (χ1v) is 9.02. The van der Waals surface area contributed by atoms with Crippen LogP contribution in [0, 0.1) is 0 Å². The summed E-state index contributed by atoms with van der Waals surface area (Å²) in [5.41, 5.74) is 0. The van der Waals surface area contributed by atoms with E-state index >= 15 is 0 Å². The number of rotatable bonds is 6. The first-order valence-electron chi connectivity index (χ1n) is 7.09. The van der Waals surface area contributed by atoms with Gasteiger partial charge >= 0.3 is 14.8 Å². The molecular formula is C13H22O8Si. The molecule has 0 aliphatic carbocycles. The van der Waals surface area contributed by atoms with E-state index in [0.29, 0.717) is 13.2 Å². The minimum atomic E-state index is -3.74. The van der Waals surface area contributed by atoms with E-state index < -0.39 is 32.5 Å². The number of carbonyl (C=O) groups excluding carboxylic acids is 3. The average Bonchev–Trinajstić information content (AvgIpc) is 2.36. The van der Waals surface area contributed by atoms with Crippen LogP contribution in [0.2, 0.25) is 6.04 Å². The molecule has 9 heteroatoms. The van der Waals surface area contributed by atoms with Crippen molar-refractivity contribution in [3.8, 4) is 0 Å². The van der Waals surface area contributed by atoms with Crippen molar-refractivity contribution >= 4 is 26.7 Å². The maximum Gasteiger partial charge on any atom is 0.704 e. The largest absolute Gasteiger partial charge is 0.704 e. The van der Waals surface area contributed by atoms with E-state index in [1.807, 2.05) is 0 Å². The van der Waals surface area contributed by atoms with Gasteiger partial charge in [-0.2, -0.15) is 0 Å². The van der Waals surface area contributed by atoms with Crippen LogP contribution in [-0.4, -0.2) is 45.7 Å². The molecule has 0 saturated carbocycles. The second-order valence-corrected chi connectivity index (χ2v) is 7.74. The maximum absolute atomic E-state index is 12.1. The highest BCUT2D eigenvalue weighted by molar-refractivity contribution is 6.65. The van der Waals surface area contributed by atoms with Crippen LogP contribution in [0.15, 0.2) is 0 Å². The fraction of sp³-hybridized carbons (Fsp3) is 0.769. The fourth-order valence-electron chi connectivity index (χ4n) is 1.97. The Morgan fingerprint density at radius 2 is 1.55 bits per heavy atom. The van der Waals surface area contributed by atoms with Gasteiger partial charge in [-0.1, -0.05) is 6.92 Å². The van der Waals surface area contributed by atoms with E-state index in [2.05, 4.69) is 0 Å². The Morgan fingerprint density at radius 3 is 1.95 bits per heavy atom. The molecule has 22 heavy (non-hydrogen) atoms. The molecule has 0 atom stereocenters. The monoisotopic (exact) mass is 334 g/mol. The minimum Gasteiger partial charge on any atom is -0.455 e. The van der Waals surface area contributed by atoms with Crippen molar-refractivity contribution < 1.29 is 37.1 Å². The quantitative estimate of drug-likeness (QED) is 0.667. The van der Waals surface area contributed by atoms with E-state index in [0.717, 1.165) is 20.3 Å². The van der Waals surface area contributed by atoms with Gasteiger partial charge in [-0.15, -0.1) is 0 Å². The van der Waals surface area contributed by atoms with E-state index in [-0.39, 0.29) is 12.5 Å². The Kier molecular flexibility index (Phi) is 6.51. The van der Waals surface area contributed by atoms with E-state index in [4.69, 9.17) is 22.8 Å². The topological polar surface area (TPSA) is 97.4 Å². The third-order valence-electron chi connectivity index (χ3n) is 2.87. The van der Waals surface area contributed by atoms with Crippen LogP contribution >= 0.6 is 0 Å². The first-order chi connectivity index (χ1) is 10.2. The van der Waals surface area contributed by atoms with E-state index in [1.54, 1.807) is 13.8 Å². The normalized spacial score (nSPS) is 17.5. The van der Waals surface area contributed by atoms with Gasteiger partial charge in [-0.05, 0) is 13.3 Å². The highest BCUT2D eigenvalue weighted by Gasteiger charge is 2.51. The first kappa shape index (κ1) is 18.6. The molecule has 0 spiro atoms. The number of ether oxygens (including phenoxy) is 2. The smallest absolute Gasteiger partial charge is 0.455 e. The van der Waals surface area contributed by atoms with Crippen molar-refractivity contribution in [2.45, 2.75) is 52.4 Å². The predicted octanol–water partition coefficient (Wildman–Crippen LogP) is 1.16. The predicted molar refractivity (Wildman–Crippen MR) is 75.4 cm³/mol. The van der Waals surface area contributed by atoms with Crippen molar-refractivity contribution in [3.63, 3.8) is 0 Å². The van der Waals surface area contributed by atoms with Gasteiger partial charge in [0.1, 0.15) is 0 Å². The summed E-state index contributed by atoms with van der Waals surface area (Å²) in [6.07, 6.45) is 0.559. The van der Waals surface area contributed by atoms with Gasteiger partial charge in [0.2, 0.25) is 0 Å². The van der Waals surface area contributed by atoms with Crippen LogP contribution in [0.4, 0.5) is 0 Å². The van der Waals surface area contributed by atoms with Gasteiger partial charge in [0, 0.05) is 13.8 Å². The molecule has 0 bridgehead atoms. The summed E-state index contributed by atoms with van der Waals surface area (Å²) in [6.45, 7) is 6.51. The lowest BCUT2D eigenvalue weighted by Gasteiger charge is -2.34. The van der Waals surface area contributed by atoms with E-state index in [9.17, 15) is 14.4 Å². The van der Waals surface area contributed by atoms with Crippen LogP contribution in [0.25, 0.3) is 0 Å². The van der Waals surface area contributed by atoms with Crippen molar-refractivity contribution in [2.24, 2.45) is 0 Å². The molecule has 0 aromatic rings. The minimum absolute atomic E-state index is 0.0936. The molecule has 0 amide bonds. The third kappa shape index (κ3) is 5.74. The molecule has 1 rings (SSSR count). The lowest BCUT2D eigenvalue weighted by molar-refractivity contribution is -0.258. The molecule has 126 valence electrons. The molecule has 0 aromatic carbocycles. The van der Waals surface area contributed by atoms with Crippen molar-refractivity contribution in [1.29, 1.82) is 0 Å². The highest BCUT2D eigenvalue weighted by atomic mass is 28.4. The van der Waals surface area contributed by atoms with Crippen LogP contribution in [0.3, 0.4) is 0 Å². The number of carbonyl (C=O) groups is 3. The third-order valence-corrected chi connectivity index (χ3v) is 5.47. The highest BCUT2D eigenvalue weighted by Crippen LogP contribution is 2.25. The Labute approximate surface area is 130 Å². The van der Waals surface area contributed by atoms with Crippen LogP contribution in [0.5, 0.6) is 0 Å². The van der Waals surface area contributed by atoms with Gasteiger partial charge < -0.3 is 22.8 Å². The molecule has 1 heterocycles. The Hall–Kier alpha value is -1.45. The Balaban J connectivity index is 2.76. The summed E-state index contributed by atoms with van der Waals surface area (Å²) in [7, 11) is -3.74. The van der Waals surface area contributed by atoms with Gasteiger partial charge in [0.25, 0.3) is 11.9 Å². The fourth-order valence-corrected chi connectivity index (χ4v) is 3.82. The lowest BCUT2D eigenvalue weighted by atomic mass is 10.2. The summed E-state index contributed by atoms with van der Waals surface area (Å²) in [5.74, 6) is -3.16. The Morgan fingerprint density at radius 1 is 1.05 bits per heavy atom. The summed E-state index contributed by atoms with van der Waals surface area (Å²) >= 11 is 0. The van der Waals surface area contributed by atoms with Crippen molar-refractivity contribution in [2.75, 3.05) is 13.2 Å². The van der Waals surface area contributed by atoms with Gasteiger partial charge in [0.05, 0.1) is 25.7 Å². The lowest BCUT2D eigenvalue weighted by Crippen LogP contribution is -2.50.